The molecule has 0 radical (unpaired) electrons. The number of aliphatic hydroxyl groups is 3. The van der Waals surface area contributed by atoms with Crippen LogP contribution in [0.3, 0.4) is 0 Å². The number of phosphoric acid groups is 3. The van der Waals surface area contributed by atoms with Crippen molar-refractivity contribution in [1.29, 1.82) is 5.41 Å². The zero-order chi connectivity index (χ0) is 41.8. The highest BCUT2D eigenvalue weighted by Crippen LogP contribution is 2.61. The number of nitrogens with one attached hydrogen (secondary N) is 3. The average Bonchev–Trinajstić information content (AvgIpc) is 3.64. The number of aromatic nitrogens is 2. The normalized spacial score (nSPS) is 21.6. The van der Waals surface area contributed by atoms with Gasteiger partial charge in [-0.15, -0.1) is 0 Å². The Morgan fingerprint density at radius 2 is 1.78 bits per heavy atom. The third-order valence-corrected chi connectivity index (χ3v) is 11.4. The molecule has 2 rings (SSSR count). The molecule has 1 aliphatic rings. The van der Waals surface area contributed by atoms with Crippen LogP contribution in [0.4, 0.5) is 5.82 Å². The summed E-state index contributed by atoms with van der Waals surface area (Å²) in [4.78, 5) is 82.7. The molecular formula is C26H46N7O18P3S. The number of thioether (sulfide) groups is 1. The predicted molar refractivity (Wildman–Crippen MR) is 191 cm³/mol. The number of hydrogen-bond acceptors (Lipinski definition) is 18. The highest BCUT2D eigenvalue weighted by molar-refractivity contribution is 8.13. The van der Waals surface area contributed by atoms with Gasteiger partial charge in [0.25, 0.3) is 0 Å². The number of nitrogen functional groups attached to an aromatic ring is 1. The van der Waals surface area contributed by atoms with Crippen LogP contribution in [-0.4, -0.2) is 137 Å². The van der Waals surface area contributed by atoms with Crippen molar-refractivity contribution in [2.24, 2.45) is 16.1 Å². The summed E-state index contributed by atoms with van der Waals surface area (Å²) in [5.74, 6) is -1.90. The number of rotatable bonds is 25. The molecule has 0 bridgehead atoms. The number of amides is 2. The zero-order valence-corrected chi connectivity index (χ0v) is 33.0. The summed E-state index contributed by atoms with van der Waals surface area (Å²) in [5.41, 5.74) is 3.60. The van der Waals surface area contributed by atoms with Crippen LogP contribution in [0.15, 0.2) is 11.3 Å². The van der Waals surface area contributed by atoms with Crippen molar-refractivity contribution in [3.05, 3.63) is 12.0 Å². The van der Waals surface area contributed by atoms with Gasteiger partial charge in [-0.2, -0.15) is 4.31 Å². The van der Waals surface area contributed by atoms with Crippen molar-refractivity contribution in [1.82, 2.24) is 20.2 Å². The molecule has 2 amide bonds. The lowest BCUT2D eigenvalue weighted by atomic mass is 9.87. The van der Waals surface area contributed by atoms with E-state index in [1.165, 1.54) is 13.8 Å². The van der Waals surface area contributed by atoms with E-state index >= 15 is 0 Å². The second-order valence-electron chi connectivity index (χ2n) is 12.3. The lowest BCUT2D eigenvalue weighted by molar-refractivity contribution is -0.137. The van der Waals surface area contributed by atoms with Crippen molar-refractivity contribution < 1.29 is 85.6 Å². The first kappa shape index (κ1) is 48.7. The minimum Gasteiger partial charge on any atom is -0.396 e. The molecule has 0 aliphatic carbocycles. The fraction of sp³-hybridized carbons (Fsp3) is 0.692. The molecule has 0 spiro atoms. The van der Waals surface area contributed by atoms with Gasteiger partial charge >= 0.3 is 23.5 Å². The summed E-state index contributed by atoms with van der Waals surface area (Å²) in [5, 5.41) is 42.5. The lowest BCUT2D eigenvalue weighted by Gasteiger charge is -2.30. The largest absolute Gasteiger partial charge is 0.481 e. The first-order valence-electron chi connectivity index (χ1n) is 16.0. The summed E-state index contributed by atoms with van der Waals surface area (Å²) in [6.45, 7) is 3.65. The first-order valence-corrected chi connectivity index (χ1v) is 21.5. The molecule has 25 nitrogen and oxygen atoms in total. The highest BCUT2D eigenvalue weighted by atomic mass is 32.2. The number of phosphoric ester groups is 3. The molecule has 0 saturated carbocycles. The van der Waals surface area contributed by atoms with E-state index in [1.54, 1.807) is 0 Å². The molecule has 1 saturated heterocycles. The summed E-state index contributed by atoms with van der Waals surface area (Å²) in [6, 6.07) is 0. The maximum absolute atomic E-state index is 12.6. The van der Waals surface area contributed by atoms with E-state index in [9.17, 15) is 57.9 Å². The van der Waals surface area contributed by atoms with Crippen LogP contribution in [0, 0.1) is 10.8 Å². The van der Waals surface area contributed by atoms with Crippen LogP contribution in [0.25, 0.3) is 0 Å². The third kappa shape index (κ3) is 16.1. The van der Waals surface area contributed by atoms with Crippen LogP contribution < -0.4 is 16.4 Å². The third-order valence-electron chi connectivity index (χ3n) is 7.34. The number of amidine groups is 1. The number of hydrogen-bond donors (Lipinski definition) is 11. The van der Waals surface area contributed by atoms with Crippen LogP contribution in [0.1, 0.15) is 51.5 Å². The molecule has 2 heterocycles. The van der Waals surface area contributed by atoms with Gasteiger partial charge < -0.3 is 56.0 Å². The Kier molecular flexibility index (Phi) is 18.9. The van der Waals surface area contributed by atoms with Crippen molar-refractivity contribution in [3.8, 4) is 0 Å². The van der Waals surface area contributed by atoms with Gasteiger partial charge in [0, 0.05) is 43.7 Å². The Labute approximate surface area is 318 Å². The standard InChI is InChI=1S/C26H46N7O18P3S/c1-26(2,21(38)24(39)31-8-7-16(35)30-9-11-55-17(36)6-4-5-10-34)13-48-54(45,46)51-53(43,44)47-12-15-20(50-52(40,41)42)19(37)25(49-15)33-14-32-18(22(27)28)23(33)29-3/h14-15,19-21,25,34,37-38H,3-13H2,1-2H3,(H3,27,28)(H,30,35)(H,31,39)(H,43,44)(H,45,46)(H2,40,41,42)/t15-,19?,20?,21?,25-/m0/s1. The van der Waals surface area contributed by atoms with Crippen molar-refractivity contribution in [3.63, 3.8) is 0 Å². The van der Waals surface area contributed by atoms with Crippen LogP contribution >= 0.6 is 35.2 Å². The Bertz CT molecular complexity index is 1660. The van der Waals surface area contributed by atoms with Gasteiger partial charge in [0.05, 0.1) is 19.5 Å². The maximum atomic E-state index is 12.6. The fourth-order valence-corrected chi connectivity index (χ4v) is 8.13. The van der Waals surface area contributed by atoms with Gasteiger partial charge in [-0.25, -0.2) is 23.7 Å². The molecule has 55 heavy (non-hydrogen) atoms. The minimum absolute atomic E-state index is 0.00339. The number of carbonyl (C=O) groups is 3. The topological polar surface area (TPSA) is 394 Å². The van der Waals surface area contributed by atoms with Crippen molar-refractivity contribution in [2.75, 3.05) is 38.7 Å². The van der Waals surface area contributed by atoms with E-state index in [0.29, 0.717) is 25.0 Å². The summed E-state index contributed by atoms with van der Waals surface area (Å²) in [6.07, 6.45) is -7.05. The summed E-state index contributed by atoms with van der Waals surface area (Å²) >= 11 is 1.03. The van der Waals surface area contributed by atoms with Crippen LogP contribution in [0.2, 0.25) is 0 Å². The van der Waals surface area contributed by atoms with E-state index in [-0.39, 0.29) is 42.7 Å². The quantitative estimate of drug-likeness (QED) is 0.0241. The molecule has 1 aliphatic heterocycles. The van der Waals surface area contributed by atoms with E-state index < -0.39 is 90.4 Å². The maximum Gasteiger partial charge on any atom is 0.481 e. The minimum atomic E-state index is -5.60. The number of aliphatic hydroxyl groups excluding tert-OH is 3. The molecule has 0 aromatic carbocycles. The highest BCUT2D eigenvalue weighted by Gasteiger charge is 2.50. The van der Waals surface area contributed by atoms with Gasteiger partial charge in [0.15, 0.2) is 17.2 Å². The Hall–Kier alpha value is -2.48. The number of ether oxygens (including phenoxy) is 1. The number of nitrogens with zero attached hydrogens (tertiary/aromatic N) is 3. The molecule has 5 unspecified atom stereocenters. The van der Waals surface area contributed by atoms with Crippen LogP contribution in [0.5, 0.6) is 0 Å². The lowest BCUT2D eigenvalue weighted by Crippen LogP contribution is -2.46. The second-order valence-corrected chi connectivity index (χ2v) is 17.7. The SMILES string of the molecule is C=Nc1c(C(=N)N)ncn1[C@H]1O[C@@H](COP(=O)(O)OP(=O)(O)OCC(C)(C)C(O)C(=O)NCCC(=O)NCCSC(=O)CCCCO)C(OP(=O)(O)O)C1O. The molecule has 29 heteroatoms. The molecular weight excluding hydrogens is 823 g/mol. The van der Waals surface area contributed by atoms with Gasteiger partial charge in [0.1, 0.15) is 35.9 Å². The van der Waals surface area contributed by atoms with Crippen molar-refractivity contribution >= 4 is 70.5 Å². The molecule has 7 atom stereocenters. The monoisotopic (exact) mass is 869 g/mol. The fourth-order valence-electron chi connectivity index (χ4n) is 4.58. The number of unbranched alkanes of at least 4 members (excludes halogenated alkanes) is 1. The molecule has 1 fully saturated rings. The molecule has 1 aromatic heterocycles. The van der Waals surface area contributed by atoms with Gasteiger partial charge in [-0.05, 0) is 19.6 Å². The predicted octanol–water partition coefficient (Wildman–Crippen LogP) is -1.08. The van der Waals surface area contributed by atoms with Crippen LogP contribution in [-0.2, 0) is 50.7 Å². The van der Waals surface area contributed by atoms with E-state index in [4.69, 9.17) is 25.5 Å². The van der Waals surface area contributed by atoms with Gasteiger partial charge in [0.2, 0.25) is 11.8 Å². The Balaban J connectivity index is 1.91. The number of carbonyl (C=O) groups excluding carboxylic acids is 3. The number of nitrogens with two attached hydrogens (primary N) is 1. The summed E-state index contributed by atoms with van der Waals surface area (Å²) in [7, 11) is -16.5. The van der Waals surface area contributed by atoms with E-state index in [0.717, 1.165) is 22.7 Å². The number of aliphatic imine (C=N–C) groups is 1. The average molecular weight is 870 g/mol. The molecule has 1 aromatic rings. The Morgan fingerprint density at radius 3 is 2.38 bits per heavy atom. The smallest absolute Gasteiger partial charge is 0.396 e. The molecule has 314 valence electrons. The molecule has 12 N–H and O–H groups in total. The second kappa shape index (κ2) is 21.3. The number of imidazole rings is 1. The van der Waals surface area contributed by atoms with E-state index in [1.807, 2.05) is 0 Å². The zero-order valence-electron chi connectivity index (χ0n) is 29.5. The van der Waals surface area contributed by atoms with Crippen molar-refractivity contribution in [2.45, 2.75) is 70.2 Å². The first-order chi connectivity index (χ1) is 25.4. The van der Waals surface area contributed by atoms with Gasteiger partial charge in [-0.3, -0.25) is 37.9 Å². The summed E-state index contributed by atoms with van der Waals surface area (Å²) < 4.78 is 61.6. The Morgan fingerprint density at radius 1 is 1.13 bits per heavy atom. The van der Waals surface area contributed by atoms with Gasteiger partial charge in [-0.1, -0.05) is 25.6 Å². The van der Waals surface area contributed by atoms with E-state index in [2.05, 4.69) is 40.7 Å².